The van der Waals surface area contributed by atoms with Crippen LogP contribution in [0.3, 0.4) is 0 Å². The number of rotatable bonds is 5. The first kappa shape index (κ1) is 21.3. The van der Waals surface area contributed by atoms with E-state index in [2.05, 4.69) is 28.1 Å². The number of hydrogen-bond donors (Lipinski definition) is 1. The van der Waals surface area contributed by atoms with Gasteiger partial charge in [0, 0.05) is 39.6 Å². The van der Waals surface area contributed by atoms with Gasteiger partial charge in [-0.05, 0) is 49.4 Å². The van der Waals surface area contributed by atoms with Crippen LogP contribution in [0.5, 0.6) is 5.75 Å². The van der Waals surface area contributed by atoms with E-state index in [0.717, 1.165) is 9.86 Å². The average Bonchev–Trinajstić information content (AvgIpc) is 3.09. The van der Waals surface area contributed by atoms with Crippen molar-refractivity contribution in [3.63, 3.8) is 0 Å². The van der Waals surface area contributed by atoms with Crippen LogP contribution < -0.4 is 10.5 Å². The third-order valence-corrected chi connectivity index (χ3v) is 5.09. The van der Waals surface area contributed by atoms with Gasteiger partial charge in [-0.2, -0.15) is 10.5 Å². The van der Waals surface area contributed by atoms with Gasteiger partial charge in [0.25, 0.3) is 0 Å². The number of allylic oxidation sites excluding steroid dienone is 1. The maximum Gasteiger partial charge on any atom is 0.232 e. The van der Waals surface area contributed by atoms with E-state index in [1.165, 1.54) is 11.7 Å². The Morgan fingerprint density at radius 3 is 2.70 bits per heavy atom. The maximum atomic E-state index is 12.7. The maximum absolute atomic E-state index is 12.7. The first-order valence-corrected chi connectivity index (χ1v) is 9.97. The van der Waals surface area contributed by atoms with Crippen molar-refractivity contribution in [3.8, 4) is 17.9 Å². The van der Waals surface area contributed by atoms with Crippen LogP contribution in [0.15, 0.2) is 47.1 Å². The lowest BCUT2D eigenvalue weighted by Crippen LogP contribution is -2.22. The number of benzene rings is 2. The van der Waals surface area contributed by atoms with Gasteiger partial charge in [-0.25, -0.2) is 0 Å². The first-order chi connectivity index (χ1) is 14.4. The lowest BCUT2D eigenvalue weighted by Gasteiger charge is -2.06. The molecule has 7 heteroatoms. The molecule has 2 N–H and O–H groups in total. The number of aromatic nitrogens is 1. The standard InChI is InChI=1S/C23H19BrN4O2/c1-14(27)7-23(29)28-13-20(19-10-18(24)4-5-21(19)28)17(12-26)9-16-8-15(11-25)3-6-22(16)30-2/h3-6,8-10,13-14H,7,27H2,1-2H3/t14-/m0/s1. The molecule has 0 amide bonds. The minimum Gasteiger partial charge on any atom is -0.496 e. The molecule has 6 nitrogen and oxygen atoms in total. The summed E-state index contributed by atoms with van der Waals surface area (Å²) in [5, 5.41) is 19.9. The Morgan fingerprint density at radius 1 is 1.30 bits per heavy atom. The van der Waals surface area contributed by atoms with Crippen molar-refractivity contribution in [1.29, 1.82) is 10.5 Å². The van der Waals surface area contributed by atoms with E-state index in [1.54, 1.807) is 37.4 Å². The number of nitrogens with two attached hydrogens (primary N) is 1. The summed E-state index contributed by atoms with van der Waals surface area (Å²) in [6.07, 6.45) is 3.51. The van der Waals surface area contributed by atoms with Gasteiger partial charge in [0.05, 0.1) is 35.9 Å². The van der Waals surface area contributed by atoms with E-state index in [9.17, 15) is 15.3 Å². The summed E-state index contributed by atoms with van der Waals surface area (Å²) in [5.74, 6) is 0.393. The van der Waals surface area contributed by atoms with Crippen LogP contribution >= 0.6 is 15.9 Å². The Bertz CT molecular complexity index is 1240. The second-order valence-electron chi connectivity index (χ2n) is 6.89. The number of hydrogen-bond acceptors (Lipinski definition) is 5. The highest BCUT2D eigenvalue weighted by Gasteiger charge is 2.18. The van der Waals surface area contributed by atoms with Crippen molar-refractivity contribution in [3.05, 3.63) is 63.8 Å². The molecular formula is C23H19BrN4O2. The third kappa shape index (κ3) is 4.28. The van der Waals surface area contributed by atoms with Gasteiger partial charge < -0.3 is 10.5 Å². The molecule has 1 heterocycles. The summed E-state index contributed by atoms with van der Waals surface area (Å²) in [6.45, 7) is 1.77. The Balaban J connectivity index is 2.23. The number of methoxy groups -OCH3 is 1. The molecular weight excluding hydrogens is 444 g/mol. The number of nitrogens with zero attached hydrogens (tertiary/aromatic N) is 3. The quantitative estimate of drug-likeness (QED) is 0.551. The molecule has 1 aromatic heterocycles. The second kappa shape index (κ2) is 8.96. The Kier molecular flexibility index (Phi) is 6.37. The van der Waals surface area contributed by atoms with Crippen LogP contribution in [0.4, 0.5) is 0 Å². The van der Waals surface area contributed by atoms with E-state index in [-0.39, 0.29) is 18.4 Å². The molecule has 0 fully saturated rings. The molecule has 2 aromatic carbocycles. The van der Waals surface area contributed by atoms with Gasteiger partial charge in [0.2, 0.25) is 5.91 Å². The van der Waals surface area contributed by atoms with Gasteiger partial charge in [-0.15, -0.1) is 0 Å². The summed E-state index contributed by atoms with van der Waals surface area (Å²) in [4.78, 5) is 12.7. The lowest BCUT2D eigenvalue weighted by molar-refractivity contribution is 0.0901. The average molecular weight is 463 g/mol. The fourth-order valence-electron chi connectivity index (χ4n) is 3.24. The van der Waals surface area contributed by atoms with Crippen molar-refractivity contribution in [2.24, 2.45) is 5.73 Å². The van der Waals surface area contributed by atoms with Crippen molar-refractivity contribution in [1.82, 2.24) is 4.57 Å². The molecule has 0 aliphatic carbocycles. The topological polar surface area (TPSA) is 105 Å². The van der Waals surface area contributed by atoms with Crippen LogP contribution in [0.25, 0.3) is 22.6 Å². The number of fused-ring (bicyclic) bond motifs is 1. The van der Waals surface area contributed by atoms with E-state index >= 15 is 0 Å². The molecule has 0 saturated carbocycles. The third-order valence-electron chi connectivity index (χ3n) is 4.60. The minimum absolute atomic E-state index is 0.148. The Hall–Kier alpha value is -3.39. The van der Waals surface area contributed by atoms with Gasteiger partial charge in [-0.3, -0.25) is 9.36 Å². The molecule has 150 valence electrons. The van der Waals surface area contributed by atoms with Crippen molar-refractivity contribution in [2.75, 3.05) is 7.11 Å². The fourth-order valence-corrected chi connectivity index (χ4v) is 3.60. The van der Waals surface area contributed by atoms with Gasteiger partial charge >= 0.3 is 0 Å². The number of carbonyl (C=O) groups excluding carboxylic acids is 1. The van der Waals surface area contributed by atoms with Crippen LogP contribution in [-0.2, 0) is 0 Å². The number of nitriles is 2. The molecule has 30 heavy (non-hydrogen) atoms. The van der Waals surface area contributed by atoms with E-state index in [0.29, 0.717) is 33.5 Å². The molecule has 0 saturated heterocycles. The highest BCUT2D eigenvalue weighted by Crippen LogP contribution is 2.32. The van der Waals surface area contributed by atoms with Crippen LogP contribution in [0.1, 0.15) is 34.8 Å². The van der Waals surface area contributed by atoms with Gasteiger partial charge in [-0.1, -0.05) is 15.9 Å². The van der Waals surface area contributed by atoms with Crippen molar-refractivity contribution < 1.29 is 9.53 Å². The zero-order valence-corrected chi connectivity index (χ0v) is 18.1. The molecule has 0 aliphatic rings. The molecule has 3 rings (SSSR count). The second-order valence-corrected chi connectivity index (χ2v) is 7.80. The molecule has 0 radical (unpaired) electrons. The minimum atomic E-state index is -0.280. The highest BCUT2D eigenvalue weighted by molar-refractivity contribution is 9.10. The molecule has 1 atom stereocenters. The molecule has 0 bridgehead atoms. The first-order valence-electron chi connectivity index (χ1n) is 9.17. The SMILES string of the molecule is COc1ccc(C#N)cc1C=C(C#N)c1cn(C(=O)C[C@H](C)N)c2ccc(Br)cc12. The zero-order valence-electron chi connectivity index (χ0n) is 16.5. The van der Waals surface area contributed by atoms with Gasteiger partial charge in [0.1, 0.15) is 5.75 Å². The fraction of sp³-hybridized carbons (Fsp3) is 0.174. The van der Waals surface area contributed by atoms with E-state index in [1.807, 2.05) is 18.2 Å². The zero-order chi connectivity index (χ0) is 21.8. The number of halogens is 1. The summed E-state index contributed by atoms with van der Waals surface area (Å²) in [6, 6.07) is 14.6. The summed E-state index contributed by atoms with van der Waals surface area (Å²) in [7, 11) is 1.53. The number of ether oxygens (including phenoxy) is 1. The Morgan fingerprint density at radius 2 is 2.07 bits per heavy atom. The molecule has 3 aromatic rings. The molecule has 0 spiro atoms. The van der Waals surface area contributed by atoms with Crippen LogP contribution in [0, 0.1) is 22.7 Å². The Labute approximate surface area is 182 Å². The lowest BCUT2D eigenvalue weighted by atomic mass is 10.0. The van der Waals surface area contributed by atoms with Crippen LogP contribution in [-0.4, -0.2) is 23.6 Å². The summed E-state index contributed by atoms with van der Waals surface area (Å²) >= 11 is 3.46. The number of carbonyl (C=O) groups is 1. The molecule has 0 unspecified atom stereocenters. The monoisotopic (exact) mass is 462 g/mol. The normalized spacial score (nSPS) is 12.3. The summed E-state index contributed by atoms with van der Waals surface area (Å²) < 4.78 is 7.74. The predicted octanol–water partition coefficient (Wildman–Crippen LogP) is 4.73. The molecule has 0 aliphatic heterocycles. The van der Waals surface area contributed by atoms with Crippen molar-refractivity contribution >= 4 is 44.4 Å². The van der Waals surface area contributed by atoms with Crippen molar-refractivity contribution in [2.45, 2.75) is 19.4 Å². The smallest absolute Gasteiger partial charge is 0.232 e. The highest BCUT2D eigenvalue weighted by atomic mass is 79.9. The van der Waals surface area contributed by atoms with Crippen LogP contribution in [0.2, 0.25) is 0 Å². The largest absolute Gasteiger partial charge is 0.496 e. The summed E-state index contributed by atoms with van der Waals surface area (Å²) in [5.41, 5.74) is 8.51. The van der Waals surface area contributed by atoms with E-state index in [4.69, 9.17) is 10.5 Å². The van der Waals surface area contributed by atoms with E-state index < -0.39 is 0 Å². The van der Waals surface area contributed by atoms with Gasteiger partial charge in [0.15, 0.2) is 0 Å². The predicted molar refractivity (Wildman–Crippen MR) is 120 cm³/mol.